The third-order valence-electron chi connectivity index (χ3n) is 2.13. The van der Waals surface area contributed by atoms with Crippen LogP contribution in [0.15, 0.2) is 24.4 Å². The fourth-order valence-electron chi connectivity index (χ4n) is 1.34. The smallest absolute Gasteiger partial charge is 0.166 e. The normalized spacial score (nSPS) is 9.88. The maximum atomic E-state index is 8.86. The second kappa shape index (κ2) is 5.62. The van der Waals surface area contributed by atoms with Gasteiger partial charge in [0.2, 0.25) is 0 Å². The van der Waals surface area contributed by atoms with Gasteiger partial charge in [0, 0.05) is 11.4 Å². The fraction of sp³-hybridized carbons (Fsp3) is 0.182. The van der Waals surface area contributed by atoms with Crippen molar-refractivity contribution >= 4 is 28.8 Å². The van der Waals surface area contributed by atoms with Crippen molar-refractivity contribution in [1.82, 2.24) is 10.2 Å². The van der Waals surface area contributed by atoms with E-state index in [-0.39, 0.29) is 0 Å². The summed E-state index contributed by atoms with van der Waals surface area (Å²) in [7, 11) is 0. The number of aromatic nitrogens is 2. The summed E-state index contributed by atoms with van der Waals surface area (Å²) in [5.41, 5.74) is 0.504. The molecule has 6 heteroatoms. The first kappa shape index (κ1) is 11.8. The van der Waals surface area contributed by atoms with Gasteiger partial charge in [0.25, 0.3) is 0 Å². The molecule has 0 spiro atoms. The predicted octanol–water partition coefficient (Wildman–Crippen LogP) is 2.72. The Morgan fingerprint density at radius 2 is 2.29 bits per heavy atom. The van der Waals surface area contributed by atoms with Crippen LogP contribution in [0, 0.1) is 11.3 Å². The van der Waals surface area contributed by atoms with Crippen molar-refractivity contribution in [3.05, 3.63) is 39.2 Å². The third kappa shape index (κ3) is 3.16. The van der Waals surface area contributed by atoms with E-state index in [4.69, 9.17) is 16.9 Å². The van der Waals surface area contributed by atoms with Crippen LogP contribution in [0.1, 0.15) is 10.4 Å². The molecule has 2 heterocycles. The molecule has 0 unspecified atom stereocenters. The van der Waals surface area contributed by atoms with Crippen LogP contribution in [0.5, 0.6) is 0 Å². The Bertz CT molecular complexity index is 546. The van der Waals surface area contributed by atoms with Gasteiger partial charge in [-0.3, -0.25) is 0 Å². The summed E-state index contributed by atoms with van der Waals surface area (Å²) in [5, 5.41) is 19.6. The summed E-state index contributed by atoms with van der Waals surface area (Å²) in [5.74, 6) is 0.526. The first-order valence-corrected chi connectivity index (χ1v) is 6.19. The van der Waals surface area contributed by atoms with Crippen molar-refractivity contribution in [2.24, 2.45) is 0 Å². The molecule has 0 radical (unpaired) electrons. The number of hydrogen-bond donors (Lipinski definition) is 1. The Kier molecular flexibility index (Phi) is 3.91. The van der Waals surface area contributed by atoms with Crippen LogP contribution in [-0.2, 0) is 6.42 Å². The molecule has 0 bridgehead atoms. The van der Waals surface area contributed by atoms with E-state index in [2.05, 4.69) is 21.6 Å². The van der Waals surface area contributed by atoms with E-state index >= 15 is 0 Å². The van der Waals surface area contributed by atoms with Gasteiger partial charge in [-0.25, -0.2) is 0 Å². The molecule has 2 rings (SSSR count). The minimum atomic E-state index is 0.504. The van der Waals surface area contributed by atoms with Gasteiger partial charge in [-0.05, 0) is 24.6 Å². The van der Waals surface area contributed by atoms with Crippen LogP contribution in [0.2, 0.25) is 4.34 Å². The van der Waals surface area contributed by atoms with Crippen LogP contribution in [0.25, 0.3) is 0 Å². The molecule has 86 valence electrons. The average Bonchev–Trinajstić information content (AvgIpc) is 2.76. The Hall–Kier alpha value is -1.64. The van der Waals surface area contributed by atoms with Crippen molar-refractivity contribution in [3.8, 4) is 6.07 Å². The maximum absolute atomic E-state index is 8.86. The van der Waals surface area contributed by atoms with E-state index in [0.29, 0.717) is 17.9 Å². The Morgan fingerprint density at radius 3 is 3.00 bits per heavy atom. The predicted molar refractivity (Wildman–Crippen MR) is 68.3 cm³/mol. The maximum Gasteiger partial charge on any atom is 0.166 e. The number of nitrogens with zero attached hydrogens (tertiary/aromatic N) is 3. The van der Waals surface area contributed by atoms with Crippen LogP contribution in [-0.4, -0.2) is 16.7 Å². The molecule has 0 aliphatic heterocycles. The van der Waals surface area contributed by atoms with E-state index in [1.54, 1.807) is 17.4 Å². The number of hydrogen-bond acceptors (Lipinski definition) is 5. The zero-order chi connectivity index (χ0) is 12.1. The van der Waals surface area contributed by atoms with Gasteiger partial charge in [-0.1, -0.05) is 11.6 Å². The van der Waals surface area contributed by atoms with E-state index in [1.165, 1.54) is 11.1 Å². The molecule has 0 saturated heterocycles. The van der Waals surface area contributed by atoms with Crippen LogP contribution in [0.3, 0.4) is 0 Å². The fourth-order valence-corrected chi connectivity index (χ4v) is 2.43. The van der Waals surface area contributed by atoms with Crippen molar-refractivity contribution in [3.63, 3.8) is 0 Å². The van der Waals surface area contributed by atoms with Crippen LogP contribution in [0.4, 0.5) is 5.82 Å². The lowest BCUT2D eigenvalue weighted by atomic mass is 10.3. The second-order valence-electron chi connectivity index (χ2n) is 3.29. The molecule has 1 N–H and O–H groups in total. The average molecular weight is 265 g/mol. The van der Waals surface area contributed by atoms with Gasteiger partial charge in [0.15, 0.2) is 5.82 Å². The quantitative estimate of drug-likeness (QED) is 0.922. The first-order valence-electron chi connectivity index (χ1n) is 4.99. The highest BCUT2D eigenvalue weighted by Crippen LogP contribution is 2.21. The molecule has 0 amide bonds. The number of nitriles is 1. The summed E-state index contributed by atoms with van der Waals surface area (Å²) in [6, 6.07) is 7.58. The van der Waals surface area contributed by atoms with Crippen LogP contribution >= 0.6 is 22.9 Å². The van der Waals surface area contributed by atoms with E-state index in [9.17, 15) is 0 Å². The number of anilines is 1. The lowest BCUT2D eigenvalue weighted by Crippen LogP contribution is -2.07. The zero-order valence-electron chi connectivity index (χ0n) is 8.85. The third-order valence-corrected chi connectivity index (χ3v) is 3.42. The topological polar surface area (TPSA) is 61.6 Å². The number of nitrogens with one attached hydrogen (secondary N) is 1. The lowest BCUT2D eigenvalue weighted by molar-refractivity contribution is 0.972. The van der Waals surface area contributed by atoms with E-state index in [0.717, 1.165) is 10.8 Å². The minimum absolute atomic E-state index is 0.504. The molecule has 0 aliphatic rings. The van der Waals surface area contributed by atoms with Gasteiger partial charge in [0.1, 0.15) is 6.07 Å². The number of halogens is 1. The molecule has 0 aliphatic carbocycles. The molecule has 17 heavy (non-hydrogen) atoms. The molecule has 0 fully saturated rings. The zero-order valence-corrected chi connectivity index (χ0v) is 10.4. The van der Waals surface area contributed by atoms with E-state index in [1.807, 2.05) is 12.1 Å². The van der Waals surface area contributed by atoms with Crippen molar-refractivity contribution in [2.75, 3.05) is 11.9 Å². The van der Waals surface area contributed by atoms with Gasteiger partial charge >= 0.3 is 0 Å². The molecular weight excluding hydrogens is 256 g/mol. The molecule has 2 aromatic heterocycles. The molecular formula is C11H9ClN4S. The van der Waals surface area contributed by atoms with Gasteiger partial charge in [-0.15, -0.1) is 16.4 Å². The van der Waals surface area contributed by atoms with E-state index < -0.39 is 0 Å². The highest BCUT2D eigenvalue weighted by Gasteiger charge is 2.03. The monoisotopic (exact) mass is 264 g/mol. The summed E-state index contributed by atoms with van der Waals surface area (Å²) in [6.45, 7) is 0.699. The SMILES string of the molecule is N#Cc1ccnnc1NCCc1ccc(Cl)s1. The molecule has 0 atom stereocenters. The molecule has 2 aromatic rings. The minimum Gasteiger partial charge on any atom is -0.367 e. The van der Waals surface area contributed by atoms with Crippen molar-refractivity contribution < 1.29 is 0 Å². The Morgan fingerprint density at radius 1 is 1.41 bits per heavy atom. The standard InChI is InChI=1S/C11H9ClN4S/c12-10-2-1-9(17-10)4-5-14-11-8(7-13)3-6-15-16-11/h1-3,6H,4-5H2,(H,14,16). The molecule has 4 nitrogen and oxygen atoms in total. The van der Waals surface area contributed by atoms with Gasteiger partial charge in [0.05, 0.1) is 16.1 Å². The highest BCUT2D eigenvalue weighted by atomic mass is 35.5. The molecule has 0 aromatic carbocycles. The lowest BCUT2D eigenvalue weighted by Gasteiger charge is -2.04. The Balaban J connectivity index is 1.92. The van der Waals surface area contributed by atoms with Gasteiger partial charge < -0.3 is 5.32 Å². The molecule has 0 saturated carbocycles. The number of thiophene rings is 1. The highest BCUT2D eigenvalue weighted by molar-refractivity contribution is 7.16. The van der Waals surface area contributed by atoms with Crippen molar-refractivity contribution in [2.45, 2.75) is 6.42 Å². The Labute approximate surface area is 108 Å². The summed E-state index contributed by atoms with van der Waals surface area (Å²) in [6.07, 6.45) is 2.35. The van der Waals surface area contributed by atoms with Gasteiger partial charge in [-0.2, -0.15) is 10.4 Å². The summed E-state index contributed by atoms with van der Waals surface area (Å²) in [4.78, 5) is 1.20. The van der Waals surface area contributed by atoms with Crippen molar-refractivity contribution in [1.29, 1.82) is 5.26 Å². The number of rotatable bonds is 4. The second-order valence-corrected chi connectivity index (χ2v) is 5.09. The first-order chi connectivity index (χ1) is 8.29. The van der Waals surface area contributed by atoms with Crippen LogP contribution < -0.4 is 5.32 Å². The largest absolute Gasteiger partial charge is 0.367 e. The summed E-state index contributed by atoms with van der Waals surface area (Å²) < 4.78 is 0.789. The summed E-state index contributed by atoms with van der Waals surface area (Å²) >= 11 is 7.39.